The highest BCUT2D eigenvalue weighted by Crippen LogP contribution is 2.23. The molecule has 1 saturated heterocycles. The van der Waals surface area contributed by atoms with Crippen LogP contribution in [0.1, 0.15) is 40.5 Å². The Bertz CT molecular complexity index is 513. The first-order valence-corrected chi connectivity index (χ1v) is 8.02. The summed E-state index contributed by atoms with van der Waals surface area (Å²) in [5.41, 5.74) is -0.477. The van der Waals surface area contributed by atoms with Gasteiger partial charge in [-0.1, -0.05) is 11.6 Å². The number of carbonyl (C=O) groups is 1. The molecular formula is C16H24ClN3O2. The van der Waals surface area contributed by atoms with Crippen molar-refractivity contribution in [2.45, 2.75) is 58.2 Å². The van der Waals surface area contributed by atoms with Gasteiger partial charge in [0, 0.05) is 18.8 Å². The van der Waals surface area contributed by atoms with Gasteiger partial charge in [-0.2, -0.15) is 0 Å². The lowest BCUT2D eigenvalue weighted by molar-refractivity contribution is 0.0104. The third kappa shape index (κ3) is 4.50. The zero-order valence-electron chi connectivity index (χ0n) is 13.6. The third-order valence-corrected chi connectivity index (χ3v) is 3.90. The number of halogens is 1. The Morgan fingerprint density at radius 2 is 2.18 bits per heavy atom. The maximum Gasteiger partial charge on any atom is 0.410 e. The average Bonchev–Trinajstić information content (AvgIpc) is 2.41. The van der Waals surface area contributed by atoms with Gasteiger partial charge < -0.3 is 15.0 Å². The molecule has 0 radical (unpaired) electrons. The molecule has 0 aliphatic carbocycles. The van der Waals surface area contributed by atoms with Gasteiger partial charge in [0.2, 0.25) is 0 Å². The molecule has 0 aromatic carbocycles. The Balaban J connectivity index is 2.01. The minimum absolute atomic E-state index is 0.0427. The van der Waals surface area contributed by atoms with E-state index < -0.39 is 5.60 Å². The molecule has 122 valence electrons. The van der Waals surface area contributed by atoms with Gasteiger partial charge >= 0.3 is 6.09 Å². The second-order valence-electron chi connectivity index (χ2n) is 6.67. The number of ether oxygens (including phenoxy) is 1. The summed E-state index contributed by atoms with van der Waals surface area (Å²) in [6, 6.07) is 3.84. The van der Waals surface area contributed by atoms with Crippen LogP contribution in [0, 0.1) is 0 Å². The fourth-order valence-electron chi connectivity index (χ4n) is 2.57. The molecule has 2 heterocycles. The number of amides is 1. The zero-order chi connectivity index (χ0) is 16.3. The monoisotopic (exact) mass is 325 g/mol. The summed E-state index contributed by atoms with van der Waals surface area (Å²) in [6.07, 6.45) is 3.29. The van der Waals surface area contributed by atoms with Crippen LogP contribution in [0.15, 0.2) is 18.3 Å². The molecule has 1 fully saturated rings. The maximum atomic E-state index is 12.3. The second-order valence-corrected chi connectivity index (χ2v) is 7.11. The molecule has 5 nitrogen and oxygen atoms in total. The molecule has 0 saturated carbocycles. The SMILES string of the molecule is C[C@@H]1[C@@H](Nc2ccc(Cl)cn2)CCCN1C(=O)OC(C)(C)C. The van der Waals surface area contributed by atoms with E-state index in [0.29, 0.717) is 5.02 Å². The molecule has 1 aromatic rings. The fraction of sp³-hybridized carbons (Fsp3) is 0.625. The number of anilines is 1. The normalized spacial score (nSPS) is 22.3. The molecule has 0 unspecified atom stereocenters. The van der Waals surface area contributed by atoms with E-state index in [2.05, 4.69) is 10.3 Å². The lowest BCUT2D eigenvalue weighted by Gasteiger charge is -2.40. The Kier molecular flexibility index (Phi) is 5.16. The van der Waals surface area contributed by atoms with Crippen molar-refractivity contribution in [2.75, 3.05) is 11.9 Å². The van der Waals surface area contributed by atoms with E-state index in [4.69, 9.17) is 16.3 Å². The Morgan fingerprint density at radius 3 is 2.77 bits per heavy atom. The van der Waals surface area contributed by atoms with Crippen molar-refractivity contribution in [3.63, 3.8) is 0 Å². The van der Waals surface area contributed by atoms with Crippen LogP contribution >= 0.6 is 11.6 Å². The third-order valence-electron chi connectivity index (χ3n) is 3.68. The minimum Gasteiger partial charge on any atom is -0.444 e. The second kappa shape index (κ2) is 6.73. The number of rotatable bonds is 2. The van der Waals surface area contributed by atoms with Crippen LogP contribution < -0.4 is 5.32 Å². The van der Waals surface area contributed by atoms with Crippen molar-refractivity contribution >= 4 is 23.5 Å². The summed E-state index contributed by atoms with van der Waals surface area (Å²) < 4.78 is 5.49. The Labute approximate surface area is 137 Å². The minimum atomic E-state index is -0.477. The highest BCUT2D eigenvalue weighted by Gasteiger charge is 2.33. The van der Waals surface area contributed by atoms with E-state index in [-0.39, 0.29) is 18.2 Å². The first-order chi connectivity index (χ1) is 10.3. The lowest BCUT2D eigenvalue weighted by atomic mass is 9.98. The number of likely N-dealkylation sites (tertiary alicyclic amines) is 1. The van der Waals surface area contributed by atoms with Gasteiger partial charge in [0.05, 0.1) is 11.1 Å². The predicted octanol–water partition coefficient (Wildman–Crippen LogP) is 3.93. The van der Waals surface area contributed by atoms with E-state index in [9.17, 15) is 4.79 Å². The van der Waals surface area contributed by atoms with Gasteiger partial charge in [-0.15, -0.1) is 0 Å². The highest BCUT2D eigenvalue weighted by molar-refractivity contribution is 6.30. The molecule has 1 aliphatic rings. The number of piperidine rings is 1. The van der Waals surface area contributed by atoms with Gasteiger partial charge in [-0.05, 0) is 52.7 Å². The van der Waals surface area contributed by atoms with E-state index in [0.717, 1.165) is 25.2 Å². The number of hydrogen-bond donors (Lipinski definition) is 1. The number of carbonyl (C=O) groups excluding carboxylic acids is 1. The van der Waals surface area contributed by atoms with Crippen LogP contribution in [0.4, 0.5) is 10.6 Å². The first kappa shape index (κ1) is 16.9. The average molecular weight is 326 g/mol. The Morgan fingerprint density at radius 1 is 1.45 bits per heavy atom. The molecule has 6 heteroatoms. The standard InChI is InChI=1S/C16H24ClN3O2/c1-11-13(19-14-8-7-12(17)10-18-14)6-5-9-20(11)15(21)22-16(2,3)4/h7-8,10-11,13H,5-6,9H2,1-4H3,(H,18,19)/t11-,13+/m1/s1. The molecule has 2 rings (SSSR count). The number of nitrogens with one attached hydrogen (secondary N) is 1. The molecule has 0 spiro atoms. The topological polar surface area (TPSA) is 54.5 Å². The summed E-state index contributed by atoms with van der Waals surface area (Å²) in [4.78, 5) is 18.4. The molecule has 2 atom stereocenters. The van der Waals surface area contributed by atoms with Gasteiger partial charge in [0.25, 0.3) is 0 Å². The maximum absolute atomic E-state index is 12.3. The summed E-state index contributed by atoms with van der Waals surface area (Å²) in [5, 5.41) is 4.00. The van der Waals surface area contributed by atoms with Crippen LogP contribution in [0.25, 0.3) is 0 Å². The van der Waals surface area contributed by atoms with E-state index in [1.807, 2.05) is 33.8 Å². The number of aromatic nitrogens is 1. The lowest BCUT2D eigenvalue weighted by Crippen LogP contribution is -2.53. The number of nitrogens with zero attached hydrogens (tertiary/aromatic N) is 2. The van der Waals surface area contributed by atoms with Crippen LogP contribution in [-0.2, 0) is 4.74 Å². The van der Waals surface area contributed by atoms with E-state index >= 15 is 0 Å². The van der Waals surface area contributed by atoms with E-state index in [1.165, 1.54) is 0 Å². The van der Waals surface area contributed by atoms with Gasteiger partial charge in [-0.3, -0.25) is 0 Å². The van der Waals surface area contributed by atoms with Crippen LogP contribution in [0.2, 0.25) is 5.02 Å². The van der Waals surface area contributed by atoms with Crippen molar-refractivity contribution in [1.29, 1.82) is 0 Å². The molecular weight excluding hydrogens is 302 g/mol. The molecule has 22 heavy (non-hydrogen) atoms. The first-order valence-electron chi connectivity index (χ1n) is 7.64. The van der Waals surface area contributed by atoms with Crippen molar-refractivity contribution in [3.8, 4) is 0 Å². The number of pyridine rings is 1. The van der Waals surface area contributed by atoms with Gasteiger partial charge in [0.1, 0.15) is 11.4 Å². The summed E-state index contributed by atoms with van der Waals surface area (Å²) in [7, 11) is 0. The molecule has 1 N–H and O–H groups in total. The van der Waals surface area contributed by atoms with Crippen molar-refractivity contribution in [3.05, 3.63) is 23.4 Å². The summed E-state index contributed by atoms with van der Waals surface area (Å²) >= 11 is 5.85. The van der Waals surface area contributed by atoms with Crippen LogP contribution in [0.3, 0.4) is 0 Å². The Hall–Kier alpha value is -1.49. The summed E-state index contributed by atoms with van der Waals surface area (Å²) in [5.74, 6) is 0.771. The fourth-order valence-corrected chi connectivity index (χ4v) is 2.68. The van der Waals surface area contributed by atoms with Crippen LogP contribution in [0.5, 0.6) is 0 Å². The quantitative estimate of drug-likeness (QED) is 0.895. The van der Waals surface area contributed by atoms with Gasteiger partial charge in [0.15, 0.2) is 0 Å². The predicted molar refractivity (Wildman–Crippen MR) is 88.3 cm³/mol. The zero-order valence-corrected chi connectivity index (χ0v) is 14.4. The van der Waals surface area contributed by atoms with E-state index in [1.54, 1.807) is 17.2 Å². The molecule has 1 amide bonds. The van der Waals surface area contributed by atoms with Crippen LogP contribution in [-0.4, -0.2) is 40.2 Å². The van der Waals surface area contributed by atoms with Crippen molar-refractivity contribution in [1.82, 2.24) is 9.88 Å². The number of hydrogen-bond acceptors (Lipinski definition) is 4. The largest absolute Gasteiger partial charge is 0.444 e. The van der Waals surface area contributed by atoms with Crippen molar-refractivity contribution < 1.29 is 9.53 Å². The van der Waals surface area contributed by atoms with Gasteiger partial charge in [-0.25, -0.2) is 9.78 Å². The summed E-state index contributed by atoms with van der Waals surface area (Å²) in [6.45, 7) is 8.41. The smallest absolute Gasteiger partial charge is 0.410 e. The van der Waals surface area contributed by atoms with Crippen molar-refractivity contribution in [2.24, 2.45) is 0 Å². The molecule has 1 aliphatic heterocycles. The molecule has 1 aromatic heterocycles. The molecule has 0 bridgehead atoms. The highest BCUT2D eigenvalue weighted by atomic mass is 35.5.